The van der Waals surface area contributed by atoms with Gasteiger partial charge in [0.2, 0.25) is 11.8 Å². The number of hydrogen-bond acceptors (Lipinski definition) is 5. The number of benzene rings is 1. The Morgan fingerprint density at radius 2 is 1.97 bits per heavy atom. The van der Waals surface area contributed by atoms with E-state index in [1.807, 2.05) is 16.7 Å². The molecule has 32 heavy (non-hydrogen) atoms. The number of rotatable bonds is 6. The van der Waals surface area contributed by atoms with Crippen LogP contribution in [0.1, 0.15) is 44.2 Å². The molecule has 0 aromatic heterocycles. The second-order valence-electron chi connectivity index (χ2n) is 10.0. The first-order valence-electron chi connectivity index (χ1n) is 11.6. The minimum absolute atomic E-state index is 0.00182. The zero-order chi connectivity index (χ0) is 22.6. The topological polar surface area (TPSA) is 93.7 Å². The fourth-order valence-corrected chi connectivity index (χ4v) is 5.94. The highest BCUT2D eigenvalue weighted by Gasteiger charge is 2.54. The number of halogens is 1. The van der Waals surface area contributed by atoms with Crippen molar-refractivity contribution in [2.24, 2.45) is 17.6 Å². The van der Waals surface area contributed by atoms with Crippen LogP contribution in [-0.2, 0) is 9.59 Å². The molecule has 6 atom stereocenters. The fraction of sp³-hybridized carbons (Fsp3) is 0.625. The number of piperazine rings is 1. The van der Waals surface area contributed by atoms with Crippen LogP contribution in [0.15, 0.2) is 24.3 Å². The Labute approximate surface area is 187 Å². The van der Waals surface area contributed by atoms with Crippen LogP contribution >= 0.6 is 0 Å². The highest BCUT2D eigenvalue weighted by molar-refractivity contribution is 5.87. The summed E-state index contributed by atoms with van der Waals surface area (Å²) in [7, 11) is 0. The Kier molecular flexibility index (Phi) is 5.42. The molecule has 3 saturated heterocycles. The second-order valence-corrected chi connectivity index (χ2v) is 10.0. The third-order valence-electron chi connectivity index (χ3n) is 7.58. The second kappa shape index (κ2) is 8.13. The summed E-state index contributed by atoms with van der Waals surface area (Å²) in [5.41, 5.74) is 7.27. The molecule has 1 aromatic rings. The smallest absolute Gasteiger partial charge is 0.241 e. The summed E-state index contributed by atoms with van der Waals surface area (Å²) in [6.45, 7) is 3.62. The predicted octanol–water partition coefficient (Wildman–Crippen LogP) is 1.65. The summed E-state index contributed by atoms with van der Waals surface area (Å²) in [6, 6.07) is 7.41. The van der Waals surface area contributed by atoms with Crippen LogP contribution in [0.4, 0.5) is 4.39 Å². The van der Waals surface area contributed by atoms with Gasteiger partial charge in [0.15, 0.2) is 0 Å². The maximum Gasteiger partial charge on any atom is 0.241 e. The lowest BCUT2D eigenvalue weighted by atomic mass is 9.99. The molecule has 5 unspecified atom stereocenters. The van der Waals surface area contributed by atoms with Crippen LogP contribution in [0.2, 0.25) is 0 Å². The molecule has 2 amide bonds. The van der Waals surface area contributed by atoms with Gasteiger partial charge < -0.3 is 15.5 Å². The molecule has 3 heterocycles. The molecule has 2 N–H and O–H groups in total. The van der Waals surface area contributed by atoms with Gasteiger partial charge in [-0.25, -0.2) is 4.39 Å². The highest BCUT2D eigenvalue weighted by atomic mass is 19.1. The van der Waals surface area contributed by atoms with Gasteiger partial charge in [0, 0.05) is 25.7 Å². The molecule has 0 spiro atoms. The number of nitrogens with zero attached hydrogens (tertiary/aromatic N) is 4. The summed E-state index contributed by atoms with van der Waals surface area (Å²) >= 11 is 0. The molecule has 0 radical (unpaired) electrons. The zero-order valence-corrected chi connectivity index (χ0v) is 18.4. The van der Waals surface area contributed by atoms with Gasteiger partial charge in [-0.3, -0.25) is 14.5 Å². The van der Waals surface area contributed by atoms with Crippen molar-refractivity contribution < 1.29 is 14.0 Å². The van der Waals surface area contributed by atoms with Crippen molar-refractivity contribution in [2.45, 2.75) is 62.8 Å². The van der Waals surface area contributed by atoms with Crippen molar-refractivity contribution in [3.63, 3.8) is 0 Å². The molecule has 1 saturated carbocycles. The summed E-state index contributed by atoms with van der Waals surface area (Å²) in [5.74, 6) is 0.344. The van der Waals surface area contributed by atoms with Gasteiger partial charge >= 0.3 is 0 Å². The third-order valence-corrected chi connectivity index (χ3v) is 7.58. The summed E-state index contributed by atoms with van der Waals surface area (Å²) in [4.78, 5) is 32.0. The van der Waals surface area contributed by atoms with E-state index in [-0.39, 0.29) is 35.8 Å². The van der Waals surface area contributed by atoms with Crippen molar-refractivity contribution in [2.75, 3.05) is 19.6 Å². The highest BCUT2D eigenvalue weighted by Crippen LogP contribution is 2.49. The number of fused-ring (bicyclic) bond motifs is 2. The lowest BCUT2D eigenvalue weighted by molar-refractivity contribution is -0.141. The average molecular weight is 440 g/mol. The first-order valence-corrected chi connectivity index (χ1v) is 11.6. The summed E-state index contributed by atoms with van der Waals surface area (Å²) < 4.78 is 13.4. The van der Waals surface area contributed by atoms with Gasteiger partial charge in [-0.1, -0.05) is 19.1 Å². The van der Waals surface area contributed by atoms with Crippen LogP contribution < -0.4 is 5.73 Å². The molecule has 5 rings (SSSR count). The largest absolute Gasteiger partial charge is 0.330 e. The van der Waals surface area contributed by atoms with Crippen molar-refractivity contribution in [1.29, 1.82) is 5.26 Å². The Morgan fingerprint density at radius 3 is 2.59 bits per heavy atom. The first kappa shape index (κ1) is 21.4. The predicted molar refractivity (Wildman–Crippen MR) is 115 cm³/mol. The average Bonchev–Trinajstić information content (AvgIpc) is 3.30. The SMILES string of the molecule is CC1CC(C#N)N(C(=O)C(N)CN2C[C@@H]3CC2C(=O)N3C(c2ccc(F)cc2)C2CC2)C1. The number of carbonyl (C=O) groups is 2. The summed E-state index contributed by atoms with van der Waals surface area (Å²) in [6.07, 6.45) is 3.59. The van der Waals surface area contributed by atoms with E-state index in [2.05, 4.69) is 6.07 Å². The van der Waals surface area contributed by atoms with Crippen LogP contribution in [0, 0.1) is 29.0 Å². The van der Waals surface area contributed by atoms with Crippen LogP contribution in [0.5, 0.6) is 0 Å². The van der Waals surface area contributed by atoms with E-state index in [4.69, 9.17) is 5.73 Å². The Balaban J connectivity index is 1.26. The molecule has 7 nitrogen and oxygen atoms in total. The number of likely N-dealkylation sites (tertiary alicyclic amines) is 3. The fourth-order valence-electron chi connectivity index (χ4n) is 5.94. The van der Waals surface area contributed by atoms with Gasteiger partial charge in [0.25, 0.3) is 0 Å². The van der Waals surface area contributed by atoms with Gasteiger partial charge in [-0.15, -0.1) is 0 Å². The zero-order valence-electron chi connectivity index (χ0n) is 18.4. The van der Waals surface area contributed by atoms with Crippen molar-refractivity contribution >= 4 is 11.8 Å². The Hall–Kier alpha value is -2.50. The van der Waals surface area contributed by atoms with E-state index in [0.29, 0.717) is 37.9 Å². The number of amides is 2. The maximum atomic E-state index is 13.4. The minimum atomic E-state index is -0.743. The Morgan fingerprint density at radius 1 is 1.25 bits per heavy atom. The van der Waals surface area contributed by atoms with Gasteiger partial charge in [-0.2, -0.15) is 5.26 Å². The molecular weight excluding hydrogens is 409 g/mol. The summed E-state index contributed by atoms with van der Waals surface area (Å²) in [5, 5.41) is 9.36. The quantitative estimate of drug-likeness (QED) is 0.728. The lowest BCUT2D eigenvalue weighted by Crippen LogP contribution is -2.57. The van der Waals surface area contributed by atoms with Gasteiger partial charge in [-0.05, 0) is 55.2 Å². The molecular formula is C24H30FN5O2. The maximum absolute atomic E-state index is 13.4. The number of hydrogen-bond donors (Lipinski definition) is 1. The van der Waals surface area contributed by atoms with Gasteiger partial charge in [0.05, 0.1) is 24.2 Å². The first-order chi connectivity index (χ1) is 15.4. The van der Waals surface area contributed by atoms with Crippen molar-refractivity contribution in [3.05, 3.63) is 35.6 Å². The van der Waals surface area contributed by atoms with E-state index in [1.165, 1.54) is 12.1 Å². The van der Waals surface area contributed by atoms with E-state index in [0.717, 1.165) is 24.8 Å². The van der Waals surface area contributed by atoms with E-state index in [9.17, 15) is 19.2 Å². The normalized spacial score (nSPS) is 31.8. The van der Waals surface area contributed by atoms with Crippen LogP contribution in [-0.4, -0.2) is 70.3 Å². The number of nitrogens with two attached hydrogens (primary N) is 1. The number of nitriles is 1. The molecule has 8 heteroatoms. The van der Waals surface area contributed by atoms with E-state index >= 15 is 0 Å². The van der Waals surface area contributed by atoms with Gasteiger partial charge in [0.1, 0.15) is 11.9 Å². The monoisotopic (exact) mass is 439 g/mol. The number of carbonyl (C=O) groups excluding carboxylic acids is 2. The molecule has 1 aromatic carbocycles. The molecule has 2 bridgehead atoms. The standard InChI is InChI=1S/C24H30FN5O2/c1-14-8-18(10-26)29(11-14)23(31)20(27)13-28-12-19-9-21(28)24(32)30(19)22(15-2-3-15)16-4-6-17(25)7-5-16/h4-7,14-15,18-22H,2-3,8-9,11-13,27H2,1H3/t14?,18?,19-,20?,21?,22?/m0/s1. The van der Waals surface area contributed by atoms with Crippen LogP contribution in [0.3, 0.4) is 0 Å². The molecule has 1 aliphatic carbocycles. The van der Waals surface area contributed by atoms with Crippen molar-refractivity contribution in [3.8, 4) is 6.07 Å². The molecule has 4 aliphatic rings. The van der Waals surface area contributed by atoms with E-state index in [1.54, 1.807) is 17.0 Å². The molecule has 170 valence electrons. The third kappa shape index (κ3) is 3.67. The lowest BCUT2D eigenvalue weighted by Gasteiger charge is -2.40. The van der Waals surface area contributed by atoms with Crippen LogP contribution in [0.25, 0.3) is 0 Å². The minimum Gasteiger partial charge on any atom is -0.330 e. The Bertz CT molecular complexity index is 943. The van der Waals surface area contributed by atoms with E-state index < -0.39 is 12.1 Å². The molecule has 4 fully saturated rings. The molecule has 3 aliphatic heterocycles. The van der Waals surface area contributed by atoms with Crippen molar-refractivity contribution in [1.82, 2.24) is 14.7 Å².